The van der Waals surface area contributed by atoms with Gasteiger partial charge in [0.05, 0.1) is 17.8 Å². The number of nitrogens with two attached hydrogens (primary N) is 1. The topological polar surface area (TPSA) is 48.1 Å². The Morgan fingerprint density at radius 1 is 1.17 bits per heavy atom. The molecule has 24 heavy (non-hydrogen) atoms. The number of pyridine rings is 1. The van der Waals surface area contributed by atoms with Gasteiger partial charge < -0.3 is 10.5 Å². The second kappa shape index (κ2) is 6.52. The molecule has 0 aliphatic heterocycles. The summed E-state index contributed by atoms with van der Waals surface area (Å²) in [6.07, 6.45) is -5.25. The van der Waals surface area contributed by atoms with E-state index < -0.39 is 29.9 Å². The summed E-state index contributed by atoms with van der Waals surface area (Å²) in [6, 6.07) is 5.38. The molecule has 0 amide bonds. The predicted molar refractivity (Wildman–Crippen MR) is 79.1 cm³/mol. The van der Waals surface area contributed by atoms with Gasteiger partial charge in [-0.2, -0.15) is 13.2 Å². The predicted octanol–water partition coefficient (Wildman–Crippen LogP) is 4.24. The van der Waals surface area contributed by atoms with Crippen LogP contribution in [0.25, 0.3) is 11.3 Å². The first-order valence-corrected chi connectivity index (χ1v) is 6.98. The molecule has 0 spiro atoms. The maximum atomic E-state index is 14.4. The van der Waals surface area contributed by atoms with Crippen molar-refractivity contribution >= 4 is 11.6 Å². The Morgan fingerprint density at radius 3 is 2.33 bits per heavy atom. The summed E-state index contributed by atoms with van der Waals surface area (Å²) < 4.78 is 71.8. The van der Waals surface area contributed by atoms with Crippen LogP contribution in [0.3, 0.4) is 0 Å². The van der Waals surface area contributed by atoms with Crippen LogP contribution < -0.4 is 10.5 Å². The molecule has 0 radical (unpaired) electrons. The number of nitrogens with zero attached hydrogens (tertiary/aromatic N) is 1. The highest BCUT2D eigenvalue weighted by atomic mass is 35.5. The number of aromatic nitrogens is 1. The van der Waals surface area contributed by atoms with Crippen molar-refractivity contribution in [3.05, 3.63) is 46.9 Å². The third kappa shape index (κ3) is 3.16. The standard InChI is InChI=1S/C15H12ClF5N2O/c1-24-11-4-5-12(14(18,7-22)15(19,20)21)23-13(11)8-2-3-10(17)9(16)6-8/h2-6H,7,22H2,1H3. The Labute approximate surface area is 139 Å². The van der Waals surface area contributed by atoms with Gasteiger partial charge in [-0.15, -0.1) is 0 Å². The lowest BCUT2D eigenvalue weighted by Crippen LogP contribution is -2.45. The zero-order valence-corrected chi connectivity index (χ0v) is 13.1. The van der Waals surface area contributed by atoms with Crippen LogP contribution in [-0.2, 0) is 5.67 Å². The van der Waals surface area contributed by atoms with E-state index in [0.717, 1.165) is 24.3 Å². The Kier molecular flexibility index (Phi) is 5.00. The molecule has 1 heterocycles. The third-order valence-electron chi connectivity index (χ3n) is 3.41. The van der Waals surface area contributed by atoms with Gasteiger partial charge in [-0.1, -0.05) is 11.6 Å². The van der Waals surface area contributed by atoms with Crippen molar-refractivity contribution in [1.29, 1.82) is 0 Å². The van der Waals surface area contributed by atoms with E-state index in [9.17, 15) is 22.0 Å². The molecule has 3 nitrogen and oxygen atoms in total. The van der Waals surface area contributed by atoms with Gasteiger partial charge in [0.15, 0.2) is 0 Å². The molecule has 2 N–H and O–H groups in total. The number of halogens is 6. The number of benzene rings is 1. The number of alkyl halides is 4. The smallest absolute Gasteiger partial charge is 0.429 e. The zero-order chi connectivity index (χ0) is 18.1. The summed E-state index contributed by atoms with van der Waals surface area (Å²) in [7, 11) is 1.26. The van der Waals surface area contributed by atoms with Gasteiger partial charge in [-0.25, -0.2) is 13.8 Å². The summed E-state index contributed by atoms with van der Waals surface area (Å²) in [5.74, 6) is -0.643. The van der Waals surface area contributed by atoms with Crippen LogP contribution in [0.1, 0.15) is 5.69 Å². The van der Waals surface area contributed by atoms with Gasteiger partial charge >= 0.3 is 6.18 Å². The van der Waals surface area contributed by atoms with Crippen molar-refractivity contribution < 1.29 is 26.7 Å². The van der Waals surface area contributed by atoms with Crippen LogP contribution in [0.2, 0.25) is 5.02 Å². The molecule has 0 aliphatic carbocycles. The van der Waals surface area contributed by atoms with Gasteiger partial charge in [-0.05, 0) is 30.3 Å². The van der Waals surface area contributed by atoms with E-state index in [4.69, 9.17) is 22.1 Å². The minimum absolute atomic E-state index is 0.0722. The molecule has 2 aromatic rings. The van der Waals surface area contributed by atoms with E-state index >= 15 is 0 Å². The lowest BCUT2D eigenvalue weighted by Gasteiger charge is -2.26. The largest absolute Gasteiger partial charge is 0.494 e. The van der Waals surface area contributed by atoms with Crippen molar-refractivity contribution in [3.63, 3.8) is 0 Å². The molecule has 130 valence electrons. The van der Waals surface area contributed by atoms with Crippen LogP contribution in [0.5, 0.6) is 5.75 Å². The van der Waals surface area contributed by atoms with E-state index in [1.807, 2.05) is 0 Å². The van der Waals surface area contributed by atoms with Gasteiger partial charge in [0, 0.05) is 12.1 Å². The van der Waals surface area contributed by atoms with Crippen LogP contribution in [0.15, 0.2) is 30.3 Å². The normalized spacial score (nSPS) is 14.3. The summed E-state index contributed by atoms with van der Waals surface area (Å²) in [4.78, 5) is 3.71. The highest BCUT2D eigenvalue weighted by molar-refractivity contribution is 6.31. The molecule has 0 saturated heterocycles. The van der Waals surface area contributed by atoms with Crippen LogP contribution in [-0.4, -0.2) is 24.8 Å². The number of hydrogen-bond donors (Lipinski definition) is 1. The monoisotopic (exact) mass is 366 g/mol. The molecule has 1 unspecified atom stereocenters. The van der Waals surface area contributed by atoms with Crippen LogP contribution in [0.4, 0.5) is 22.0 Å². The molecule has 0 saturated carbocycles. The summed E-state index contributed by atoms with van der Waals surface area (Å²) in [5.41, 5.74) is 0.301. The van der Waals surface area contributed by atoms with Crippen molar-refractivity contribution in [1.82, 2.24) is 4.98 Å². The minimum Gasteiger partial charge on any atom is -0.494 e. The average Bonchev–Trinajstić information content (AvgIpc) is 2.55. The van der Waals surface area contributed by atoms with Gasteiger partial charge in [0.25, 0.3) is 5.67 Å². The van der Waals surface area contributed by atoms with Gasteiger partial charge in [-0.3, -0.25) is 0 Å². The number of hydrogen-bond acceptors (Lipinski definition) is 3. The Balaban J connectivity index is 2.66. The summed E-state index contributed by atoms with van der Waals surface area (Å²) >= 11 is 5.67. The van der Waals surface area contributed by atoms with E-state index in [0.29, 0.717) is 0 Å². The molecule has 9 heteroatoms. The van der Waals surface area contributed by atoms with Crippen LogP contribution >= 0.6 is 11.6 Å². The Hall–Kier alpha value is -1.93. The first-order valence-electron chi connectivity index (χ1n) is 6.60. The zero-order valence-electron chi connectivity index (χ0n) is 12.3. The van der Waals surface area contributed by atoms with E-state index in [2.05, 4.69) is 4.98 Å². The second-order valence-corrected chi connectivity index (χ2v) is 5.29. The quantitative estimate of drug-likeness (QED) is 0.823. The Morgan fingerprint density at radius 2 is 1.83 bits per heavy atom. The summed E-state index contributed by atoms with van der Waals surface area (Å²) in [5, 5.41) is -0.261. The molecule has 1 aromatic carbocycles. The molecule has 2 rings (SSSR count). The fourth-order valence-corrected chi connectivity index (χ4v) is 2.23. The van der Waals surface area contributed by atoms with Crippen molar-refractivity contribution in [2.45, 2.75) is 11.8 Å². The van der Waals surface area contributed by atoms with E-state index in [1.54, 1.807) is 0 Å². The molecule has 0 bridgehead atoms. The lowest BCUT2D eigenvalue weighted by atomic mass is 9.99. The second-order valence-electron chi connectivity index (χ2n) is 4.88. The van der Waals surface area contributed by atoms with Gasteiger partial charge in [0.1, 0.15) is 17.3 Å². The molecule has 0 fully saturated rings. The number of ether oxygens (including phenoxy) is 1. The first kappa shape index (κ1) is 18.4. The van der Waals surface area contributed by atoms with E-state index in [1.165, 1.54) is 13.2 Å². The fourth-order valence-electron chi connectivity index (χ4n) is 2.05. The molecule has 1 aromatic heterocycles. The molecule has 0 aliphatic rings. The number of methoxy groups -OCH3 is 1. The molecular weight excluding hydrogens is 355 g/mol. The molecule has 1 atom stereocenters. The van der Waals surface area contributed by atoms with Crippen molar-refractivity contribution in [3.8, 4) is 17.0 Å². The maximum Gasteiger partial charge on any atom is 0.429 e. The fraction of sp³-hybridized carbons (Fsp3) is 0.267. The van der Waals surface area contributed by atoms with Crippen molar-refractivity contribution in [2.75, 3.05) is 13.7 Å². The average molecular weight is 367 g/mol. The maximum absolute atomic E-state index is 14.4. The molecular formula is C15H12ClF5N2O. The third-order valence-corrected chi connectivity index (χ3v) is 3.70. The Bertz CT molecular complexity index is 753. The van der Waals surface area contributed by atoms with Crippen LogP contribution in [0, 0.1) is 5.82 Å². The minimum atomic E-state index is -5.25. The first-order chi connectivity index (χ1) is 11.1. The highest BCUT2D eigenvalue weighted by Crippen LogP contribution is 2.42. The van der Waals surface area contributed by atoms with Crippen molar-refractivity contribution in [2.24, 2.45) is 5.73 Å². The van der Waals surface area contributed by atoms with Gasteiger partial charge in [0.2, 0.25) is 0 Å². The number of rotatable bonds is 4. The lowest BCUT2D eigenvalue weighted by molar-refractivity contribution is -0.233. The SMILES string of the molecule is COc1ccc(C(F)(CN)C(F)(F)F)nc1-c1ccc(F)c(Cl)c1. The summed E-state index contributed by atoms with van der Waals surface area (Å²) in [6.45, 7) is -1.33. The highest BCUT2D eigenvalue weighted by Gasteiger charge is 2.57. The van der Waals surface area contributed by atoms with E-state index in [-0.39, 0.29) is 22.0 Å².